The summed E-state index contributed by atoms with van der Waals surface area (Å²) >= 11 is 1.26. The largest absolute Gasteiger partial charge is 0.496 e. The van der Waals surface area contributed by atoms with Crippen molar-refractivity contribution in [2.75, 3.05) is 28.4 Å². The lowest BCUT2D eigenvalue weighted by atomic mass is 10.1. The number of methoxy groups -OCH3 is 4. The molecule has 2 aromatic heterocycles. The monoisotopic (exact) mass is 451 g/mol. The molecule has 0 aliphatic carbocycles. The van der Waals surface area contributed by atoms with E-state index in [2.05, 4.69) is 10.1 Å². The highest BCUT2D eigenvalue weighted by atomic mass is 32.1. The predicted octanol–water partition coefficient (Wildman–Crippen LogP) is 3.07. The zero-order chi connectivity index (χ0) is 22.7. The number of allylic oxidation sites excluding steroid dienone is 1. The first-order valence-electron chi connectivity index (χ1n) is 9.61. The van der Waals surface area contributed by atoms with Crippen LogP contribution in [0.15, 0.2) is 47.3 Å². The van der Waals surface area contributed by atoms with Gasteiger partial charge in [0.05, 0.1) is 33.0 Å². The van der Waals surface area contributed by atoms with E-state index in [1.54, 1.807) is 25.3 Å². The highest BCUT2D eigenvalue weighted by Gasteiger charge is 2.18. The topological polar surface area (TPSA) is 84.2 Å². The third-order valence-corrected chi connectivity index (χ3v) is 5.74. The van der Waals surface area contributed by atoms with Gasteiger partial charge in [-0.3, -0.25) is 4.79 Å². The van der Waals surface area contributed by atoms with Crippen LogP contribution in [0.3, 0.4) is 0 Å². The summed E-state index contributed by atoms with van der Waals surface area (Å²) in [4.78, 5) is 17.8. The predicted molar refractivity (Wildman–Crippen MR) is 124 cm³/mol. The summed E-state index contributed by atoms with van der Waals surface area (Å²) < 4.78 is 23.3. The van der Waals surface area contributed by atoms with Gasteiger partial charge in [-0.15, -0.1) is 5.10 Å². The molecule has 0 unspecified atom stereocenters. The highest BCUT2D eigenvalue weighted by Crippen LogP contribution is 2.40. The zero-order valence-corrected chi connectivity index (χ0v) is 18.8. The molecule has 0 atom stereocenters. The van der Waals surface area contributed by atoms with E-state index in [1.165, 1.54) is 37.2 Å². The van der Waals surface area contributed by atoms with Gasteiger partial charge in [0.2, 0.25) is 10.7 Å². The summed E-state index contributed by atoms with van der Waals surface area (Å²) in [7, 11) is 6.24. The second-order valence-corrected chi connectivity index (χ2v) is 7.59. The van der Waals surface area contributed by atoms with Crippen molar-refractivity contribution in [3.8, 4) is 34.4 Å². The Balaban J connectivity index is 1.70. The molecular formula is C23H21N3O5S. The first kappa shape index (κ1) is 21.4. The Morgan fingerprint density at radius 3 is 2.25 bits per heavy atom. The van der Waals surface area contributed by atoms with Gasteiger partial charge in [-0.25, -0.2) is 0 Å². The minimum Gasteiger partial charge on any atom is -0.496 e. The standard InChI is InChI=1S/C23H21N3O5S/c1-28-16-10-6-5-8-14(16)9-7-11-19-22(27)26-23(32-19)24-21(25-26)15-12-17(29-2)20(31-4)18(13-15)30-3/h5-13H,1-4H3. The quantitative estimate of drug-likeness (QED) is 0.427. The van der Waals surface area contributed by atoms with Gasteiger partial charge in [0, 0.05) is 11.1 Å². The molecule has 2 aromatic carbocycles. The Bertz CT molecular complexity index is 1380. The molecule has 2 heterocycles. The summed E-state index contributed by atoms with van der Waals surface area (Å²) in [6, 6.07) is 11.1. The van der Waals surface area contributed by atoms with Gasteiger partial charge < -0.3 is 18.9 Å². The summed E-state index contributed by atoms with van der Waals surface area (Å²) in [5, 5.41) is 4.39. The van der Waals surface area contributed by atoms with Crippen LogP contribution in [0.2, 0.25) is 0 Å². The maximum absolute atomic E-state index is 12.8. The number of ether oxygens (including phenoxy) is 4. The van der Waals surface area contributed by atoms with Crippen LogP contribution in [0.4, 0.5) is 0 Å². The van der Waals surface area contributed by atoms with Crippen molar-refractivity contribution in [1.29, 1.82) is 0 Å². The van der Waals surface area contributed by atoms with E-state index < -0.39 is 0 Å². The van der Waals surface area contributed by atoms with Crippen LogP contribution >= 0.6 is 11.3 Å². The van der Waals surface area contributed by atoms with Gasteiger partial charge in [0.1, 0.15) is 5.75 Å². The Kier molecular flexibility index (Phi) is 6.09. The van der Waals surface area contributed by atoms with Crippen molar-refractivity contribution in [3.63, 3.8) is 0 Å². The summed E-state index contributed by atoms with van der Waals surface area (Å²) in [5.74, 6) is 2.60. The van der Waals surface area contributed by atoms with Gasteiger partial charge in [-0.1, -0.05) is 41.7 Å². The van der Waals surface area contributed by atoms with Crippen molar-refractivity contribution in [2.45, 2.75) is 0 Å². The number of thiazole rings is 1. The number of rotatable bonds is 7. The van der Waals surface area contributed by atoms with Gasteiger partial charge in [0.15, 0.2) is 17.3 Å². The lowest BCUT2D eigenvalue weighted by Crippen LogP contribution is -2.23. The van der Waals surface area contributed by atoms with Crippen LogP contribution in [0, 0.1) is 0 Å². The number of aromatic nitrogens is 3. The molecule has 4 aromatic rings. The van der Waals surface area contributed by atoms with Crippen LogP contribution in [-0.2, 0) is 0 Å². The minimum atomic E-state index is -0.235. The maximum atomic E-state index is 12.8. The molecule has 0 saturated heterocycles. The Labute approximate surface area is 188 Å². The van der Waals surface area contributed by atoms with Crippen molar-refractivity contribution < 1.29 is 18.9 Å². The van der Waals surface area contributed by atoms with Crippen molar-refractivity contribution in [3.05, 3.63) is 62.9 Å². The van der Waals surface area contributed by atoms with Crippen molar-refractivity contribution in [1.82, 2.24) is 14.6 Å². The third kappa shape index (κ3) is 3.90. The molecule has 32 heavy (non-hydrogen) atoms. The number of nitrogens with zero attached hydrogens (tertiary/aromatic N) is 3. The molecule has 8 nitrogen and oxygen atoms in total. The van der Waals surface area contributed by atoms with Crippen LogP contribution in [-0.4, -0.2) is 43.0 Å². The fraction of sp³-hybridized carbons (Fsp3) is 0.174. The van der Waals surface area contributed by atoms with Crippen LogP contribution in [0.25, 0.3) is 28.5 Å². The molecule has 9 heteroatoms. The van der Waals surface area contributed by atoms with Crippen molar-refractivity contribution in [2.24, 2.45) is 0 Å². The smallest absolute Gasteiger partial charge is 0.291 e. The van der Waals surface area contributed by atoms with Gasteiger partial charge in [0.25, 0.3) is 5.56 Å². The first-order valence-corrected chi connectivity index (χ1v) is 10.4. The molecule has 0 fully saturated rings. The number of para-hydroxylation sites is 1. The first-order chi connectivity index (χ1) is 15.6. The summed E-state index contributed by atoms with van der Waals surface area (Å²) in [5.41, 5.74) is 1.33. The van der Waals surface area contributed by atoms with Gasteiger partial charge in [-0.05, 0) is 24.3 Å². The molecule has 0 bridgehead atoms. The van der Waals surface area contributed by atoms with E-state index in [4.69, 9.17) is 18.9 Å². The fourth-order valence-electron chi connectivity index (χ4n) is 3.22. The molecule has 4 rings (SSSR count). The van der Waals surface area contributed by atoms with Crippen LogP contribution in [0.1, 0.15) is 5.56 Å². The van der Waals surface area contributed by atoms with E-state index in [1.807, 2.05) is 36.4 Å². The number of hydrogen-bond donors (Lipinski definition) is 0. The fourth-order valence-corrected chi connectivity index (χ4v) is 4.08. The van der Waals surface area contributed by atoms with Crippen LogP contribution < -0.4 is 29.0 Å². The minimum absolute atomic E-state index is 0.235. The SMILES string of the molecule is COc1ccccc1C=CC=c1sc2nc(-c3cc(OC)c(OC)c(OC)c3)nn2c1=O. The number of hydrogen-bond acceptors (Lipinski definition) is 8. The molecule has 0 N–H and O–H groups in total. The normalized spacial score (nSPS) is 11.9. The Hall–Kier alpha value is -3.85. The van der Waals surface area contributed by atoms with E-state index >= 15 is 0 Å². The second kappa shape index (κ2) is 9.11. The molecule has 164 valence electrons. The molecule has 0 saturated carbocycles. The second-order valence-electron chi connectivity index (χ2n) is 6.58. The average Bonchev–Trinajstić information content (AvgIpc) is 3.37. The molecule has 0 aliphatic rings. The van der Waals surface area contributed by atoms with E-state index in [-0.39, 0.29) is 5.56 Å². The summed E-state index contributed by atoms with van der Waals surface area (Å²) in [6.07, 6.45) is 5.44. The Morgan fingerprint density at radius 2 is 1.62 bits per heavy atom. The number of benzene rings is 2. The maximum Gasteiger partial charge on any atom is 0.291 e. The van der Waals surface area contributed by atoms with E-state index in [0.29, 0.717) is 38.1 Å². The van der Waals surface area contributed by atoms with E-state index in [0.717, 1.165) is 11.3 Å². The van der Waals surface area contributed by atoms with E-state index in [9.17, 15) is 4.79 Å². The summed E-state index contributed by atoms with van der Waals surface area (Å²) in [6.45, 7) is 0. The molecule has 0 radical (unpaired) electrons. The number of fused-ring (bicyclic) bond motifs is 1. The molecule has 0 aliphatic heterocycles. The van der Waals surface area contributed by atoms with Gasteiger partial charge >= 0.3 is 0 Å². The Morgan fingerprint density at radius 1 is 0.938 bits per heavy atom. The zero-order valence-electron chi connectivity index (χ0n) is 18.0. The van der Waals surface area contributed by atoms with Crippen LogP contribution in [0.5, 0.6) is 23.0 Å². The molecular weight excluding hydrogens is 430 g/mol. The highest BCUT2D eigenvalue weighted by molar-refractivity contribution is 7.15. The molecule has 0 spiro atoms. The van der Waals surface area contributed by atoms with Gasteiger partial charge in [-0.2, -0.15) is 9.50 Å². The average molecular weight is 452 g/mol. The molecule has 0 amide bonds. The third-order valence-electron chi connectivity index (χ3n) is 4.77. The van der Waals surface area contributed by atoms with Crippen molar-refractivity contribution >= 4 is 28.4 Å². The lowest BCUT2D eigenvalue weighted by Gasteiger charge is -2.12. The lowest BCUT2D eigenvalue weighted by molar-refractivity contribution is 0.324.